The third kappa shape index (κ3) is 3.45. The molecule has 1 aliphatic rings. The van der Waals surface area contributed by atoms with E-state index in [1.54, 1.807) is 0 Å². The highest BCUT2D eigenvalue weighted by Gasteiger charge is 2.37. The molecule has 2 atom stereocenters. The van der Waals surface area contributed by atoms with E-state index in [9.17, 15) is 9.59 Å². The fourth-order valence-electron chi connectivity index (χ4n) is 2.26. The number of hydrogen-bond acceptors (Lipinski definition) is 2. The van der Waals surface area contributed by atoms with Gasteiger partial charge in [0.1, 0.15) is 5.41 Å². The molecule has 1 saturated carbocycles. The lowest BCUT2D eigenvalue weighted by atomic mass is 9.83. The van der Waals surface area contributed by atoms with Crippen LogP contribution in [0.2, 0.25) is 0 Å². The van der Waals surface area contributed by atoms with Crippen LogP contribution in [-0.2, 0) is 9.59 Å². The van der Waals surface area contributed by atoms with Gasteiger partial charge in [0.05, 0.1) is 0 Å². The molecule has 0 aromatic rings. The molecule has 1 rings (SSSR count). The Kier molecular flexibility index (Phi) is 4.54. The van der Waals surface area contributed by atoms with Gasteiger partial charge in [0.15, 0.2) is 0 Å². The molecule has 1 aliphatic carbocycles. The maximum absolute atomic E-state index is 11.9. The average molecular weight is 241 g/mol. The fraction of sp³-hybridized carbons (Fsp3) is 0.846. The van der Waals surface area contributed by atoms with Crippen molar-refractivity contribution in [1.82, 2.24) is 5.32 Å². The standard InChI is InChI=1S/C13H23NO3/c1-4-9-6-5-7-10(8-9)14-11(15)13(2,3)12(16)17/h9-10H,4-8H2,1-3H3,(H,14,15)(H,16,17). The summed E-state index contributed by atoms with van der Waals surface area (Å²) < 4.78 is 0. The van der Waals surface area contributed by atoms with E-state index < -0.39 is 11.4 Å². The zero-order valence-electron chi connectivity index (χ0n) is 11.0. The first kappa shape index (κ1) is 14.0. The molecule has 2 N–H and O–H groups in total. The molecule has 2 unspecified atom stereocenters. The van der Waals surface area contributed by atoms with E-state index in [-0.39, 0.29) is 11.9 Å². The Labute approximate surface area is 103 Å². The molecule has 4 heteroatoms. The van der Waals surface area contributed by atoms with Gasteiger partial charge in [0.25, 0.3) is 0 Å². The largest absolute Gasteiger partial charge is 0.480 e. The third-order valence-electron chi connectivity index (χ3n) is 3.80. The van der Waals surface area contributed by atoms with E-state index in [4.69, 9.17) is 5.11 Å². The minimum Gasteiger partial charge on any atom is -0.480 e. The summed E-state index contributed by atoms with van der Waals surface area (Å²) in [6, 6.07) is 0.153. The molecule has 0 aromatic heterocycles. The molecule has 17 heavy (non-hydrogen) atoms. The highest BCUT2D eigenvalue weighted by molar-refractivity contribution is 6.01. The molecule has 98 valence electrons. The molecular weight excluding hydrogens is 218 g/mol. The number of nitrogens with one attached hydrogen (secondary N) is 1. The van der Waals surface area contributed by atoms with Crippen LogP contribution >= 0.6 is 0 Å². The summed E-state index contributed by atoms with van der Waals surface area (Å²) in [5, 5.41) is 11.9. The highest BCUT2D eigenvalue weighted by atomic mass is 16.4. The minimum absolute atomic E-state index is 0.153. The lowest BCUT2D eigenvalue weighted by Crippen LogP contribution is -2.47. The van der Waals surface area contributed by atoms with Crippen LogP contribution in [0.15, 0.2) is 0 Å². The van der Waals surface area contributed by atoms with Gasteiger partial charge in [-0.05, 0) is 32.6 Å². The van der Waals surface area contributed by atoms with Gasteiger partial charge in [-0.2, -0.15) is 0 Å². The summed E-state index contributed by atoms with van der Waals surface area (Å²) in [4.78, 5) is 22.8. The van der Waals surface area contributed by atoms with Crippen molar-refractivity contribution in [3.63, 3.8) is 0 Å². The average Bonchev–Trinajstić information content (AvgIpc) is 2.29. The molecule has 0 aromatic carbocycles. The number of rotatable bonds is 4. The maximum atomic E-state index is 11.9. The number of carboxylic acids is 1. The highest BCUT2D eigenvalue weighted by Crippen LogP contribution is 2.27. The van der Waals surface area contributed by atoms with E-state index in [1.165, 1.54) is 20.3 Å². The van der Waals surface area contributed by atoms with Crippen molar-refractivity contribution >= 4 is 11.9 Å². The Morgan fingerprint density at radius 3 is 2.53 bits per heavy atom. The van der Waals surface area contributed by atoms with Crippen LogP contribution in [0.3, 0.4) is 0 Å². The molecular formula is C13H23NO3. The van der Waals surface area contributed by atoms with Crippen LogP contribution in [-0.4, -0.2) is 23.0 Å². The topological polar surface area (TPSA) is 66.4 Å². The Morgan fingerprint density at radius 1 is 1.35 bits per heavy atom. The van der Waals surface area contributed by atoms with Crippen molar-refractivity contribution in [2.75, 3.05) is 0 Å². The summed E-state index contributed by atoms with van der Waals surface area (Å²) in [5.41, 5.74) is -1.33. The van der Waals surface area contributed by atoms with Crippen LogP contribution in [0.1, 0.15) is 52.9 Å². The third-order valence-corrected chi connectivity index (χ3v) is 3.80. The molecule has 1 amide bonds. The Hall–Kier alpha value is -1.06. The van der Waals surface area contributed by atoms with Crippen molar-refractivity contribution in [2.45, 2.75) is 58.9 Å². The van der Waals surface area contributed by atoms with E-state index in [2.05, 4.69) is 12.2 Å². The van der Waals surface area contributed by atoms with Gasteiger partial charge in [-0.25, -0.2) is 0 Å². The van der Waals surface area contributed by atoms with Crippen molar-refractivity contribution in [3.8, 4) is 0 Å². The van der Waals surface area contributed by atoms with Gasteiger partial charge in [-0.1, -0.05) is 26.2 Å². The summed E-state index contributed by atoms with van der Waals surface area (Å²) in [5.74, 6) is -0.772. The second-order valence-corrected chi connectivity index (χ2v) is 5.54. The van der Waals surface area contributed by atoms with Gasteiger partial charge >= 0.3 is 5.97 Å². The van der Waals surface area contributed by atoms with Crippen LogP contribution in [0.25, 0.3) is 0 Å². The molecule has 0 aliphatic heterocycles. The molecule has 0 saturated heterocycles. The zero-order valence-corrected chi connectivity index (χ0v) is 11.0. The van der Waals surface area contributed by atoms with Gasteiger partial charge in [0, 0.05) is 6.04 Å². The van der Waals surface area contributed by atoms with Crippen molar-refractivity contribution in [2.24, 2.45) is 11.3 Å². The van der Waals surface area contributed by atoms with Crippen LogP contribution in [0.5, 0.6) is 0 Å². The van der Waals surface area contributed by atoms with Crippen molar-refractivity contribution < 1.29 is 14.7 Å². The predicted molar refractivity (Wildman–Crippen MR) is 65.6 cm³/mol. The molecule has 0 spiro atoms. The Balaban J connectivity index is 2.54. The summed E-state index contributed by atoms with van der Waals surface area (Å²) in [6.07, 6.45) is 5.44. The number of aliphatic carboxylic acids is 1. The second-order valence-electron chi connectivity index (χ2n) is 5.54. The van der Waals surface area contributed by atoms with E-state index in [0.29, 0.717) is 5.92 Å². The second kappa shape index (κ2) is 5.52. The number of carbonyl (C=O) groups is 2. The maximum Gasteiger partial charge on any atom is 0.318 e. The van der Waals surface area contributed by atoms with Crippen molar-refractivity contribution in [1.29, 1.82) is 0 Å². The molecule has 0 bridgehead atoms. The van der Waals surface area contributed by atoms with Crippen LogP contribution in [0, 0.1) is 11.3 Å². The number of hydrogen-bond donors (Lipinski definition) is 2. The summed E-state index contributed by atoms with van der Waals surface area (Å²) >= 11 is 0. The van der Waals surface area contributed by atoms with Crippen molar-refractivity contribution in [3.05, 3.63) is 0 Å². The fourth-order valence-corrected chi connectivity index (χ4v) is 2.26. The monoisotopic (exact) mass is 241 g/mol. The van der Waals surface area contributed by atoms with Gasteiger partial charge in [-0.15, -0.1) is 0 Å². The lowest BCUT2D eigenvalue weighted by Gasteiger charge is -2.31. The zero-order chi connectivity index (χ0) is 13.1. The smallest absolute Gasteiger partial charge is 0.318 e. The Morgan fingerprint density at radius 2 is 2.00 bits per heavy atom. The minimum atomic E-state index is -1.33. The molecule has 4 nitrogen and oxygen atoms in total. The van der Waals surface area contributed by atoms with E-state index in [1.807, 2.05) is 0 Å². The van der Waals surface area contributed by atoms with Gasteiger partial charge in [-0.3, -0.25) is 9.59 Å². The lowest BCUT2D eigenvalue weighted by molar-refractivity contribution is -0.153. The summed E-state index contributed by atoms with van der Waals surface area (Å²) in [7, 11) is 0. The van der Waals surface area contributed by atoms with Crippen LogP contribution < -0.4 is 5.32 Å². The van der Waals surface area contributed by atoms with Gasteiger partial charge < -0.3 is 10.4 Å². The van der Waals surface area contributed by atoms with E-state index >= 15 is 0 Å². The summed E-state index contributed by atoms with van der Waals surface area (Å²) in [6.45, 7) is 5.06. The first-order valence-corrected chi connectivity index (χ1v) is 6.42. The quantitative estimate of drug-likeness (QED) is 0.741. The predicted octanol–water partition coefficient (Wildman–Crippen LogP) is 2.18. The molecule has 0 heterocycles. The number of amides is 1. The molecule has 0 radical (unpaired) electrons. The van der Waals surface area contributed by atoms with Crippen LogP contribution in [0.4, 0.5) is 0 Å². The first-order valence-electron chi connectivity index (χ1n) is 6.42. The number of carboxylic acid groups (broad SMARTS) is 1. The van der Waals surface area contributed by atoms with E-state index in [0.717, 1.165) is 25.7 Å². The first-order chi connectivity index (χ1) is 7.87. The molecule has 1 fully saturated rings. The SMILES string of the molecule is CCC1CCCC(NC(=O)C(C)(C)C(=O)O)C1. The van der Waals surface area contributed by atoms with Gasteiger partial charge in [0.2, 0.25) is 5.91 Å². The number of carbonyl (C=O) groups excluding carboxylic acids is 1. The Bertz CT molecular complexity index is 299. The normalized spacial score (nSPS) is 25.4.